The van der Waals surface area contributed by atoms with Crippen LogP contribution in [0.15, 0.2) is 36.7 Å². The summed E-state index contributed by atoms with van der Waals surface area (Å²) in [6, 6.07) is 5.38. The number of nitrogens with one attached hydrogen (secondary N) is 1. The summed E-state index contributed by atoms with van der Waals surface area (Å²) in [5.41, 5.74) is 1.03. The molecule has 4 nitrogen and oxygen atoms in total. The van der Waals surface area contributed by atoms with E-state index in [2.05, 4.69) is 10.3 Å². The molecule has 0 spiro atoms. The van der Waals surface area contributed by atoms with Crippen LogP contribution in [0.1, 0.15) is 28.5 Å². The summed E-state index contributed by atoms with van der Waals surface area (Å²) < 4.78 is 32.2. The van der Waals surface area contributed by atoms with Crippen LogP contribution in [0, 0.1) is 18.6 Å². The molecule has 6 heteroatoms. The van der Waals surface area contributed by atoms with Gasteiger partial charge < -0.3 is 10.1 Å². The van der Waals surface area contributed by atoms with Gasteiger partial charge in [0.2, 0.25) is 0 Å². The number of pyridine rings is 1. The van der Waals surface area contributed by atoms with Gasteiger partial charge in [0.15, 0.2) is 0 Å². The summed E-state index contributed by atoms with van der Waals surface area (Å²) in [7, 11) is 0. The first kappa shape index (κ1) is 16.6. The molecular formula is C17H16F2N2O2. The third-order valence-electron chi connectivity index (χ3n) is 2.99. The average molecular weight is 318 g/mol. The normalized spacial score (nSPS) is 10.8. The van der Waals surface area contributed by atoms with E-state index in [0.717, 1.165) is 17.8 Å². The van der Waals surface area contributed by atoms with Gasteiger partial charge in [0, 0.05) is 0 Å². The van der Waals surface area contributed by atoms with Crippen LogP contribution >= 0.6 is 0 Å². The molecule has 1 aromatic heterocycles. The fourth-order valence-corrected chi connectivity index (χ4v) is 1.90. The fraction of sp³-hybridized carbons (Fsp3) is 0.176. The predicted octanol–water partition coefficient (Wildman–Crippen LogP) is 3.93. The lowest BCUT2D eigenvalue weighted by Crippen LogP contribution is -2.15. The van der Waals surface area contributed by atoms with Crippen LogP contribution in [0.4, 0.5) is 14.5 Å². The second-order valence-corrected chi connectivity index (χ2v) is 4.78. The Hall–Kier alpha value is -2.76. The van der Waals surface area contributed by atoms with Crippen LogP contribution in [-0.2, 0) is 4.74 Å². The number of carbonyl (C=O) groups is 1. The van der Waals surface area contributed by atoms with Gasteiger partial charge in [-0.1, -0.05) is 6.07 Å². The number of nitrogens with zero attached hydrogens (tertiary/aromatic N) is 1. The molecule has 1 N–H and O–H groups in total. The quantitative estimate of drug-likeness (QED) is 0.850. The molecule has 0 bridgehead atoms. The Bertz CT molecular complexity index is 745. The molecule has 0 atom stereocenters. The van der Waals surface area contributed by atoms with Gasteiger partial charge in [-0.25, -0.2) is 8.78 Å². The van der Waals surface area contributed by atoms with Crippen molar-refractivity contribution in [1.29, 1.82) is 0 Å². The first-order valence-electron chi connectivity index (χ1n) is 7.02. The average Bonchev–Trinajstić information content (AvgIpc) is 2.52. The van der Waals surface area contributed by atoms with E-state index in [1.54, 1.807) is 19.9 Å². The summed E-state index contributed by atoms with van der Waals surface area (Å²) in [6.45, 7) is 4.03. The standard InChI is InChI=1S/C17H16F2N2O2/c1-3-23-7-6-15-13(9-12(18)10-20-15)17(22)21-16-8-11(2)4-5-14(16)19/h4-10H,3H2,1-2H3,(H,21,22). The number of ether oxygens (including phenoxy) is 1. The van der Waals surface area contributed by atoms with Gasteiger partial charge in [-0.2, -0.15) is 0 Å². The third kappa shape index (κ3) is 4.35. The molecule has 1 amide bonds. The Labute approximate surface area is 132 Å². The van der Waals surface area contributed by atoms with Gasteiger partial charge in [0.1, 0.15) is 11.6 Å². The molecule has 0 fully saturated rings. The molecule has 0 aliphatic carbocycles. The monoisotopic (exact) mass is 318 g/mol. The minimum atomic E-state index is -0.659. The molecule has 1 aromatic carbocycles. The van der Waals surface area contributed by atoms with Crippen molar-refractivity contribution in [3.63, 3.8) is 0 Å². The predicted molar refractivity (Wildman–Crippen MR) is 83.9 cm³/mol. The Morgan fingerprint density at radius 1 is 1.35 bits per heavy atom. The fourth-order valence-electron chi connectivity index (χ4n) is 1.90. The highest BCUT2D eigenvalue weighted by molar-refractivity contribution is 6.06. The van der Waals surface area contributed by atoms with Crippen LogP contribution in [0.3, 0.4) is 0 Å². The molecule has 120 valence electrons. The number of hydrogen-bond donors (Lipinski definition) is 1. The number of halogens is 2. The molecule has 0 radical (unpaired) electrons. The first-order chi connectivity index (χ1) is 11.0. The third-order valence-corrected chi connectivity index (χ3v) is 2.99. The van der Waals surface area contributed by atoms with E-state index in [1.807, 2.05) is 0 Å². The van der Waals surface area contributed by atoms with Gasteiger partial charge in [0.05, 0.1) is 36.0 Å². The van der Waals surface area contributed by atoms with Crippen molar-refractivity contribution in [2.75, 3.05) is 11.9 Å². The van der Waals surface area contributed by atoms with E-state index in [-0.39, 0.29) is 16.9 Å². The number of carbonyl (C=O) groups excluding carboxylic acids is 1. The molecular weight excluding hydrogens is 302 g/mol. The number of benzene rings is 1. The topological polar surface area (TPSA) is 51.2 Å². The van der Waals surface area contributed by atoms with E-state index in [4.69, 9.17) is 4.74 Å². The van der Waals surface area contributed by atoms with Crippen molar-refractivity contribution >= 4 is 17.7 Å². The van der Waals surface area contributed by atoms with Crippen molar-refractivity contribution in [3.8, 4) is 0 Å². The molecule has 2 aromatic rings. The van der Waals surface area contributed by atoms with Crippen molar-refractivity contribution in [2.45, 2.75) is 13.8 Å². The Morgan fingerprint density at radius 2 is 2.13 bits per heavy atom. The van der Waals surface area contributed by atoms with Crippen LogP contribution in [-0.4, -0.2) is 17.5 Å². The highest BCUT2D eigenvalue weighted by atomic mass is 19.1. The van der Waals surface area contributed by atoms with Crippen molar-refractivity contribution in [2.24, 2.45) is 0 Å². The van der Waals surface area contributed by atoms with Gasteiger partial charge in [-0.05, 0) is 43.7 Å². The van der Waals surface area contributed by atoms with E-state index in [1.165, 1.54) is 24.5 Å². The van der Waals surface area contributed by atoms with E-state index in [9.17, 15) is 13.6 Å². The number of rotatable bonds is 5. The zero-order valence-electron chi connectivity index (χ0n) is 12.8. The Morgan fingerprint density at radius 3 is 2.87 bits per heavy atom. The molecule has 1 heterocycles. The van der Waals surface area contributed by atoms with Crippen LogP contribution in [0.25, 0.3) is 6.08 Å². The van der Waals surface area contributed by atoms with Gasteiger partial charge in [0.25, 0.3) is 5.91 Å². The lowest BCUT2D eigenvalue weighted by Gasteiger charge is -2.09. The second kappa shape index (κ2) is 7.49. The molecule has 0 saturated heterocycles. The Balaban J connectivity index is 2.31. The number of aromatic nitrogens is 1. The minimum Gasteiger partial charge on any atom is -0.501 e. The minimum absolute atomic E-state index is 0.0122. The maximum atomic E-state index is 13.7. The van der Waals surface area contributed by atoms with E-state index in [0.29, 0.717) is 6.61 Å². The maximum Gasteiger partial charge on any atom is 0.258 e. The van der Waals surface area contributed by atoms with Gasteiger partial charge in [-0.15, -0.1) is 0 Å². The largest absolute Gasteiger partial charge is 0.501 e. The summed E-state index contributed by atoms with van der Waals surface area (Å²) in [5, 5.41) is 2.43. The van der Waals surface area contributed by atoms with Crippen molar-refractivity contribution in [1.82, 2.24) is 4.98 Å². The summed E-state index contributed by atoms with van der Waals surface area (Å²) in [5.74, 6) is -1.88. The molecule has 2 rings (SSSR count). The Kier molecular flexibility index (Phi) is 5.41. The zero-order valence-corrected chi connectivity index (χ0v) is 12.8. The summed E-state index contributed by atoms with van der Waals surface area (Å²) >= 11 is 0. The highest BCUT2D eigenvalue weighted by Crippen LogP contribution is 2.18. The van der Waals surface area contributed by atoms with Crippen LogP contribution < -0.4 is 5.32 Å². The number of hydrogen-bond acceptors (Lipinski definition) is 3. The van der Waals surface area contributed by atoms with E-state index < -0.39 is 17.5 Å². The van der Waals surface area contributed by atoms with Crippen molar-refractivity contribution in [3.05, 3.63) is 65.2 Å². The number of aryl methyl sites for hydroxylation is 1. The molecule has 23 heavy (non-hydrogen) atoms. The highest BCUT2D eigenvalue weighted by Gasteiger charge is 2.15. The van der Waals surface area contributed by atoms with E-state index >= 15 is 0 Å². The summed E-state index contributed by atoms with van der Waals surface area (Å²) in [6.07, 6.45) is 3.81. The number of amides is 1. The maximum absolute atomic E-state index is 13.7. The lowest BCUT2D eigenvalue weighted by molar-refractivity contribution is 0.102. The zero-order chi connectivity index (χ0) is 16.8. The number of anilines is 1. The molecule has 0 saturated carbocycles. The SMILES string of the molecule is CCOC=Cc1ncc(F)cc1C(=O)Nc1cc(C)ccc1F. The summed E-state index contributed by atoms with van der Waals surface area (Å²) in [4.78, 5) is 16.2. The smallest absolute Gasteiger partial charge is 0.258 e. The molecule has 0 aliphatic rings. The molecule has 0 aliphatic heterocycles. The van der Waals surface area contributed by atoms with Crippen LogP contribution in [0.2, 0.25) is 0 Å². The lowest BCUT2D eigenvalue weighted by atomic mass is 10.1. The van der Waals surface area contributed by atoms with Gasteiger partial charge >= 0.3 is 0 Å². The van der Waals surface area contributed by atoms with Crippen molar-refractivity contribution < 1.29 is 18.3 Å². The first-order valence-corrected chi connectivity index (χ1v) is 7.02. The second-order valence-electron chi connectivity index (χ2n) is 4.78. The van der Waals surface area contributed by atoms with Crippen LogP contribution in [0.5, 0.6) is 0 Å². The molecule has 0 unspecified atom stereocenters. The van der Waals surface area contributed by atoms with Gasteiger partial charge in [-0.3, -0.25) is 9.78 Å².